The maximum absolute atomic E-state index is 12.3. The number of amides is 1. The van der Waals surface area contributed by atoms with E-state index in [0.717, 1.165) is 0 Å². The van der Waals surface area contributed by atoms with Crippen LogP contribution in [0.25, 0.3) is 11.2 Å². The fourth-order valence-electron chi connectivity index (χ4n) is 3.30. The number of imidazole rings is 1. The summed E-state index contributed by atoms with van der Waals surface area (Å²) in [6, 6.07) is 0. The van der Waals surface area contributed by atoms with E-state index in [1.54, 1.807) is 4.90 Å². The average molecular weight is 406 g/mol. The lowest BCUT2D eigenvalue weighted by atomic mass is 10.2. The van der Waals surface area contributed by atoms with Crippen molar-refractivity contribution < 1.29 is 19.4 Å². The first-order valence-electron chi connectivity index (χ1n) is 9.91. The summed E-state index contributed by atoms with van der Waals surface area (Å²) in [5.41, 5.74) is 0.725. The van der Waals surface area contributed by atoms with Crippen LogP contribution in [0.1, 0.15) is 34.1 Å². The Hall–Kier alpha value is -2.62. The lowest BCUT2D eigenvalue weighted by Gasteiger charge is -2.24. The van der Waals surface area contributed by atoms with Crippen molar-refractivity contribution in [1.29, 1.82) is 0 Å². The van der Waals surface area contributed by atoms with E-state index in [0.29, 0.717) is 55.6 Å². The minimum absolute atomic E-state index is 0.0288. The number of fused-ring (bicyclic) bond motifs is 1. The molecule has 0 aliphatic carbocycles. The predicted molar refractivity (Wildman–Crippen MR) is 108 cm³/mol. The molecule has 10 nitrogen and oxygen atoms in total. The van der Waals surface area contributed by atoms with Crippen molar-refractivity contribution in [2.75, 3.05) is 38.2 Å². The van der Waals surface area contributed by atoms with Gasteiger partial charge in [0.2, 0.25) is 11.8 Å². The summed E-state index contributed by atoms with van der Waals surface area (Å²) in [5, 5.41) is 9.25. The van der Waals surface area contributed by atoms with Gasteiger partial charge in [0.1, 0.15) is 18.0 Å². The Morgan fingerprint density at radius 2 is 2.14 bits per heavy atom. The minimum Gasteiger partial charge on any atom is -0.471 e. The zero-order valence-corrected chi connectivity index (χ0v) is 17.8. The number of likely N-dealkylation sites (tertiary alicyclic amines) is 1. The van der Waals surface area contributed by atoms with E-state index >= 15 is 0 Å². The van der Waals surface area contributed by atoms with Crippen LogP contribution in [0.15, 0.2) is 6.33 Å². The maximum Gasteiger partial charge on any atom is 0.410 e. The molecule has 1 aliphatic rings. The van der Waals surface area contributed by atoms with Gasteiger partial charge >= 0.3 is 6.09 Å². The molecule has 160 valence electrons. The molecule has 2 aromatic heterocycles. The van der Waals surface area contributed by atoms with Crippen LogP contribution in [0.2, 0.25) is 0 Å². The molecular weight excluding hydrogens is 376 g/mol. The molecule has 1 fully saturated rings. The molecular formula is C19H30N6O4. The van der Waals surface area contributed by atoms with Gasteiger partial charge in [0.15, 0.2) is 11.2 Å². The molecule has 1 N–H and O–H groups in total. The molecule has 1 saturated heterocycles. The summed E-state index contributed by atoms with van der Waals surface area (Å²) < 4.78 is 13.5. The van der Waals surface area contributed by atoms with E-state index in [-0.39, 0.29) is 18.8 Å². The molecule has 0 spiro atoms. The Morgan fingerprint density at radius 3 is 2.79 bits per heavy atom. The number of likely N-dealkylation sites (N-methyl/N-ethyl adjacent to an activating group) is 1. The van der Waals surface area contributed by atoms with Crippen molar-refractivity contribution in [2.45, 2.75) is 52.4 Å². The molecule has 1 atom stereocenters. The van der Waals surface area contributed by atoms with Gasteiger partial charge < -0.3 is 24.4 Å². The molecule has 3 rings (SSSR count). The van der Waals surface area contributed by atoms with E-state index in [4.69, 9.17) is 9.47 Å². The molecule has 1 unspecified atom stereocenters. The zero-order chi connectivity index (χ0) is 21.2. The van der Waals surface area contributed by atoms with Gasteiger partial charge in [0, 0.05) is 33.1 Å². The number of ether oxygens (including phenoxy) is 2. The number of aliphatic hydroxyl groups is 1. The topological polar surface area (TPSA) is 106 Å². The number of carbonyl (C=O) groups excluding carboxylic acids is 1. The number of anilines is 1. The molecule has 0 bridgehead atoms. The van der Waals surface area contributed by atoms with Crippen LogP contribution >= 0.6 is 0 Å². The number of hydrogen-bond acceptors (Lipinski definition) is 8. The summed E-state index contributed by atoms with van der Waals surface area (Å²) in [6.45, 7) is 9.73. The highest BCUT2D eigenvalue weighted by atomic mass is 16.6. The second-order valence-corrected chi connectivity index (χ2v) is 8.11. The average Bonchev–Trinajstić information content (AvgIpc) is 3.25. The van der Waals surface area contributed by atoms with Crippen LogP contribution in [0.5, 0.6) is 5.88 Å². The Kier molecular flexibility index (Phi) is 6.11. The van der Waals surface area contributed by atoms with Gasteiger partial charge in [0.05, 0.1) is 13.2 Å². The van der Waals surface area contributed by atoms with E-state index < -0.39 is 5.60 Å². The van der Waals surface area contributed by atoms with Gasteiger partial charge in [0.25, 0.3) is 0 Å². The van der Waals surface area contributed by atoms with Gasteiger partial charge in [-0.15, -0.1) is 0 Å². The van der Waals surface area contributed by atoms with E-state index in [1.807, 2.05) is 44.2 Å². The van der Waals surface area contributed by atoms with E-state index in [2.05, 4.69) is 15.0 Å². The van der Waals surface area contributed by atoms with Crippen molar-refractivity contribution >= 4 is 23.2 Å². The standard InChI is InChI=1S/C19H30N6O4/c1-6-25-15-14(22-17(25)23(5)9-10-26)16(21-12-20-15)28-13-7-8-24(11-13)18(27)29-19(2,3)4/h12-13,26H,6-11H2,1-5H3. The van der Waals surface area contributed by atoms with Crippen molar-refractivity contribution in [3.8, 4) is 5.88 Å². The summed E-state index contributed by atoms with van der Waals surface area (Å²) in [5.74, 6) is 1.10. The number of aryl methyl sites for hydroxylation is 1. The van der Waals surface area contributed by atoms with Gasteiger partial charge in [-0.2, -0.15) is 4.98 Å². The molecule has 2 aromatic rings. The molecule has 0 saturated carbocycles. The lowest BCUT2D eigenvalue weighted by Crippen LogP contribution is -2.36. The molecule has 0 aromatic carbocycles. The van der Waals surface area contributed by atoms with Crippen molar-refractivity contribution in [3.63, 3.8) is 0 Å². The van der Waals surface area contributed by atoms with Crippen LogP contribution in [0.3, 0.4) is 0 Å². The second kappa shape index (κ2) is 8.40. The number of aliphatic hydroxyl groups excluding tert-OH is 1. The number of carbonyl (C=O) groups is 1. The lowest BCUT2D eigenvalue weighted by molar-refractivity contribution is 0.0275. The Morgan fingerprint density at radius 1 is 1.38 bits per heavy atom. The molecule has 3 heterocycles. The fraction of sp³-hybridized carbons (Fsp3) is 0.684. The number of nitrogens with zero attached hydrogens (tertiary/aromatic N) is 6. The predicted octanol–water partition coefficient (Wildman–Crippen LogP) is 1.66. The summed E-state index contributed by atoms with van der Waals surface area (Å²) >= 11 is 0. The van der Waals surface area contributed by atoms with Crippen molar-refractivity contribution in [3.05, 3.63) is 6.33 Å². The van der Waals surface area contributed by atoms with Crippen LogP contribution in [0, 0.1) is 0 Å². The molecule has 29 heavy (non-hydrogen) atoms. The van der Waals surface area contributed by atoms with Crippen LogP contribution in [0.4, 0.5) is 10.7 Å². The Bertz CT molecular complexity index is 862. The van der Waals surface area contributed by atoms with Gasteiger partial charge in [-0.1, -0.05) is 0 Å². The first kappa shape index (κ1) is 21.1. The minimum atomic E-state index is -0.529. The molecule has 1 aliphatic heterocycles. The van der Waals surface area contributed by atoms with Crippen LogP contribution in [-0.2, 0) is 11.3 Å². The highest BCUT2D eigenvalue weighted by Crippen LogP contribution is 2.28. The highest BCUT2D eigenvalue weighted by molar-refractivity contribution is 5.79. The van der Waals surface area contributed by atoms with Gasteiger partial charge in [-0.3, -0.25) is 4.57 Å². The first-order chi connectivity index (χ1) is 13.7. The number of rotatable bonds is 6. The SMILES string of the molecule is CCn1c(N(C)CCO)nc2c(OC3CCN(C(=O)OC(C)(C)C)C3)ncnc21. The highest BCUT2D eigenvalue weighted by Gasteiger charge is 2.32. The molecule has 10 heteroatoms. The third kappa shape index (κ3) is 4.69. The summed E-state index contributed by atoms with van der Waals surface area (Å²) in [4.78, 5) is 29.1. The zero-order valence-electron chi connectivity index (χ0n) is 17.8. The smallest absolute Gasteiger partial charge is 0.410 e. The normalized spacial score (nSPS) is 17.0. The third-order valence-electron chi connectivity index (χ3n) is 4.65. The number of hydrogen-bond donors (Lipinski definition) is 1. The largest absolute Gasteiger partial charge is 0.471 e. The Labute approximate surface area is 170 Å². The first-order valence-corrected chi connectivity index (χ1v) is 9.91. The Balaban J connectivity index is 1.78. The van der Waals surface area contributed by atoms with Gasteiger partial charge in [-0.25, -0.2) is 14.8 Å². The molecule has 1 amide bonds. The van der Waals surface area contributed by atoms with E-state index in [9.17, 15) is 9.90 Å². The van der Waals surface area contributed by atoms with Crippen molar-refractivity contribution in [1.82, 2.24) is 24.4 Å². The summed E-state index contributed by atoms with van der Waals surface area (Å²) in [7, 11) is 1.87. The number of aromatic nitrogens is 4. The molecule has 0 radical (unpaired) electrons. The second-order valence-electron chi connectivity index (χ2n) is 8.11. The van der Waals surface area contributed by atoms with Crippen LogP contribution < -0.4 is 9.64 Å². The summed E-state index contributed by atoms with van der Waals surface area (Å²) in [6.07, 6.45) is 1.63. The van der Waals surface area contributed by atoms with Gasteiger partial charge in [-0.05, 0) is 27.7 Å². The monoisotopic (exact) mass is 406 g/mol. The van der Waals surface area contributed by atoms with Crippen molar-refractivity contribution in [2.24, 2.45) is 0 Å². The van der Waals surface area contributed by atoms with Crippen LogP contribution in [-0.4, -0.2) is 80.6 Å². The van der Waals surface area contributed by atoms with E-state index in [1.165, 1.54) is 6.33 Å². The quantitative estimate of drug-likeness (QED) is 0.772. The fourth-order valence-corrected chi connectivity index (χ4v) is 3.30. The third-order valence-corrected chi connectivity index (χ3v) is 4.65. The maximum atomic E-state index is 12.3.